The average molecular weight is 477 g/mol. The maximum Gasteiger partial charge on any atom is 0.243 e. The van der Waals surface area contributed by atoms with E-state index in [4.69, 9.17) is 21.1 Å². The Hall–Kier alpha value is -3.14. The number of amides is 1. The van der Waals surface area contributed by atoms with Crippen molar-refractivity contribution in [2.75, 3.05) is 18.7 Å². The van der Waals surface area contributed by atoms with Gasteiger partial charge in [0.15, 0.2) is 11.5 Å². The number of hydrogen-bond acceptors (Lipinski definition) is 5. The van der Waals surface area contributed by atoms with Crippen LogP contribution in [0, 0.1) is 5.82 Å². The molecule has 0 fully saturated rings. The van der Waals surface area contributed by atoms with Crippen LogP contribution in [0.25, 0.3) is 0 Å². The third-order valence-corrected chi connectivity index (χ3v) is 6.76. The lowest BCUT2D eigenvalue weighted by molar-refractivity contribution is -0.116. The van der Waals surface area contributed by atoms with Gasteiger partial charge in [0.05, 0.1) is 11.4 Å². The van der Waals surface area contributed by atoms with Gasteiger partial charge in [0.2, 0.25) is 22.7 Å². The summed E-state index contributed by atoms with van der Waals surface area (Å²) in [5.41, 5.74) is 0.963. The smallest absolute Gasteiger partial charge is 0.243 e. The minimum Gasteiger partial charge on any atom is -0.454 e. The largest absolute Gasteiger partial charge is 0.454 e. The summed E-state index contributed by atoms with van der Waals surface area (Å²) >= 11 is 5.87. The molecule has 4 rings (SSSR count). The van der Waals surface area contributed by atoms with E-state index >= 15 is 0 Å². The molecule has 0 bridgehead atoms. The minimum atomic E-state index is -4.05. The Morgan fingerprint density at radius 2 is 1.69 bits per heavy atom. The number of ether oxygens (including phenoxy) is 2. The molecule has 0 saturated carbocycles. The molecule has 1 aliphatic rings. The van der Waals surface area contributed by atoms with E-state index in [1.165, 1.54) is 48.5 Å². The molecular formula is C22H18ClFN2O5S. The van der Waals surface area contributed by atoms with Crippen LogP contribution >= 0.6 is 11.6 Å². The van der Waals surface area contributed by atoms with Crippen LogP contribution in [-0.4, -0.2) is 32.0 Å². The van der Waals surface area contributed by atoms with Crippen molar-refractivity contribution in [3.63, 3.8) is 0 Å². The molecule has 0 radical (unpaired) electrons. The van der Waals surface area contributed by atoms with E-state index < -0.39 is 28.3 Å². The van der Waals surface area contributed by atoms with Crippen molar-refractivity contribution in [2.24, 2.45) is 0 Å². The molecule has 10 heteroatoms. The predicted octanol–water partition coefficient (Wildman–Crippen LogP) is 4.04. The predicted molar refractivity (Wildman–Crippen MR) is 117 cm³/mol. The van der Waals surface area contributed by atoms with Crippen molar-refractivity contribution in [1.82, 2.24) is 4.31 Å². The van der Waals surface area contributed by atoms with Crippen LogP contribution in [0.4, 0.5) is 10.1 Å². The van der Waals surface area contributed by atoms with Crippen LogP contribution in [0.5, 0.6) is 11.5 Å². The first kappa shape index (κ1) is 22.1. The highest BCUT2D eigenvalue weighted by Crippen LogP contribution is 2.34. The summed E-state index contributed by atoms with van der Waals surface area (Å²) in [6, 6.07) is 15.9. The highest BCUT2D eigenvalue weighted by atomic mass is 35.5. The fourth-order valence-electron chi connectivity index (χ4n) is 3.11. The summed E-state index contributed by atoms with van der Waals surface area (Å²) in [6.45, 7) is -0.492. The molecule has 1 heterocycles. The number of hydrogen-bond donors (Lipinski definition) is 1. The fraction of sp³-hybridized carbons (Fsp3) is 0.136. The van der Waals surface area contributed by atoms with Crippen molar-refractivity contribution in [3.05, 3.63) is 83.1 Å². The summed E-state index contributed by atoms with van der Waals surface area (Å²) in [5.74, 6) is 0.0518. The Morgan fingerprint density at radius 1 is 1.00 bits per heavy atom. The Kier molecular flexibility index (Phi) is 6.31. The van der Waals surface area contributed by atoms with Crippen molar-refractivity contribution >= 4 is 33.2 Å². The second-order valence-electron chi connectivity index (χ2n) is 6.97. The third kappa shape index (κ3) is 5.01. The number of carbonyl (C=O) groups is 1. The number of carbonyl (C=O) groups excluding carboxylic acids is 1. The van der Waals surface area contributed by atoms with Crippen LogP contribution < -0.4 is 14.8 Å². The second-order valence-corrected chi connectivity index (χ2v) is 9.34. The maximum atomic E-state index is 13.3. The average Bonchev–Trinajstić information content (AvgIpc) is 3.23. The fourth-order valence-corrected chi connectivity index (χ4v) is 4.62. The molecule has 1 amide bonds. The molecule has 3 aromatic carbocycles. The molecule has 0 saturated heterocycles. The molecule has 0 atom stereocenters. The molecule has 1 N–H and O–H groups in total. The summed E-state index contributed by atoms with van der Waals surface area (Å²) < 4.78 is 51.3. The first-order chi connectivity index (χ1) is 15.3. The molecule has 166 valence electrons. The minimum absolute atomic E-state index is 0.0140. The quantitative estimate of drug-likeness (QED) is 0.556. The monoisotopic (exact) mass is 476 g/mol. The van der Waals surface area contributed by atoms with Gasteiger partial charge >= 0.3 is 0 Å². The van der Waals surface area contributed by atoms with E-state index in [2.05, 4.69) is 5.32 Å². The molecule has 0 aromatic heterocycles. The number of rotatable bonds is 7. The van der Waals surface area contributed by atoms with Crippen molar-refractivity contribution < 1.29 is 27.1 Å². The van der Waals surface area contributed by atoms with Crippen molar-refractivity contribution in [1.29, 1.82) is 0 Å². The number of benzene rings is 3. The highest BCUT2D eigenvalue weighted by molar-refractivity contribution is 7.89. The van der Waals surface area contributed by atoms with Gasteiger partial charge in [-0.3, -0.25) is 4.79 Å². The van der Waals surface area contributed by atoms with E-state index in [1.807, 2.05) is 0 Å². The first-order valence-corrected chi connectivity index (χ1v) is 11.3. The second kappa shape index (κ2) is 9.15. The normalized spacial score (nSPS) is 12.7. The van der Waals surface area contributed by atoms with E-state index in [1.54, 1.807) is 18.2 Å². The molecule has 0 unspecified atom stereocenters. The van der Waals surface area contributed by atoms with Gasteiger partial charge < -0.3 is 14.8 Å². The van der Waals surface area contributed by atoms with Crippen LogP contribution in [-0.2, 0) is 21.4 Å². The Balaban J connectivity index is 1.57. The summed E-state index contributed by atoms with van der Waals surface area (Å²) in [4.78, 5) is 12.7. The molecule has 0 aliphatic carbocycles. The van der Waals surface area contributed by atoms with Gasteiger partial charge in [-0.15, -0.1) is 0 Å². The van der Waals surface area contributed by atoms with Gasteiger partial charge in [-0.25, -0.2) is 12.8 Å². The van der Waals surface area contributed by atoms with Crippen molar-refractivity contribution in [3.8, 4) is 11.5 Å². The lowest BCUT2D eigenvalue weighted by atomic mass is 10.2. The van der Waals surface area contributed by atoms with E-state index in [0.717, 1.165) is 4.31 Å². The molecule has 7 nitrogen and oxygen atoms in total. The number of nitrogens with zero attached hydrogens (tertiary/aromatic N) is 1. The number of fused-ring (bicyclic) bond motifs is 1. The van der Waals surface area contributed by atoms with Gasteiger partial charge in [-0.1, -0.05) is 23.7 Å². The molecule has 3 aromatic rings. The molecule has 32 heavy (non-hydrogen) atoms. The zero-order chi connectivity index (χ0) is 22.7. The lowest BCUT2D eigenvalue weighted by Crippen LogP contribution is -2.37. The number of sulfonamides is 1. The highest BCUT2D eigenvalue weighted by Gasteiger charge is 2.27. The number of nitrogens with one attached hydrogen (secondary N) is 1. The van der Waals surface area contributed by atoms with Gasteiger partial charge in [-0.2, -0.15) is 4.31 Å². The van der Waals surface area contributed by atoms with Crippen molar-refractivity contribution in [2.45, 2.75) is 11.4 Å². The maximum absolute atomic E-state index is 13.3. The van der Waals surface area contributed by atoms with E-state index in [-0.39, 0.29) is 18.2 Å². The van der Waals surface area contributed by atoms with Crippen LogP contribution in [0.15, 0.2) is 71.6 Å². The summed E-state index contributed by atoms with van der Waals surface area (Å²) in [5, 5.41) is 3.05. The number of anilines is 1. The standard InChI is InChI=1S/C22H18ClFN2O5S/c23-16-3-8-19(9-4-16)32(28,29)26(12-15-1-5-17(24)6-2-15)13-22(27)25-18-7-10-20-21(11-18)31-14-30-20/h1-11H,12-14H2,(H,25,27). The molecule has 1 aliphatic heterocycles. The zero-order valence-electron chi connectivity index (χ0n) is 16.6. The van der Waals surface area contributed by atoms with Gasteiger partial charge in [0.25, 0.3) is 0 Å². The summed E-state index contributed by atoms with van der Waals surface area (Å²) in [7, 11) is -4.05. The third-order valence-electron chi connectivity index (χ3n) is 4.70. The topological polar surface area (TPSA) is 84.9 Å². The zero-order valence-corrected chi connectivity index (χ0v) is 18.2. The van der Waals surface area contributed by atoms with Crippen LogP contribution in [0.2, 0.25) is 5.02 Å². The number of halogens is 2. The van der Waals surface area contributed by atoms with Crippen LogP contribution in [0.1, 0.15) is 5.56 Å². The van der Waals surface area contributed by atoms with Gasteiger partial charge in [0.1, 0.15) is 5.82 Å². The Bertz CT molecular complexity index is 1230. The van der Waals surface area contributed by atoms with E-state index in [0.29, 0.717) is 27.8 Å². The first-order valence-electron chi connectivity index (χ1n) is 9.51. The Labute approximate surface area is 189 Å². The van der Waals surface area contributed by atoms with Gasteiger partial charge in [0, 0.05) is 23.3 Å². The Morgan fingerprint density at radius 3 is 2.41 bits per heavy atom. The molecule has 0 spiro atoms. The molecular weight excluding hydrogens is 459 g/mol. The summed E-state index contributed by atoms with van der Waals surface area (Å²) in [6.07, 6.45) is 0. The SMILES string of the molecule is O=C(CN(Cc1ccc(F)cc1)S(=O)(=O)c1ccc(Cl)cc1)Nc1ccc2c(c1)OCO2. The van der Waals surface area contributed by atoms with Crippen LogP contribution in [0.3, 0.4) is 0 Å². The van der Waals surface area contributed by atoms with Gasteiger partial charge in [-0.05, 0) is 54.1 Å². The lowest BCUT2D eigenvalue weighted by Gasteiger charge is -2.22. The van der Waals surface area contributed by atoms with E-state index in [9.17, 15) is 17.6 Å².